The van der Waals surface area contributed by atoms with E-state index in [1.165, 1.54) is 4.90 Å². The Kier molecular flexibility index (Phi) is 11.4. The largest absolute Gasteiger partial charge is 0.444 e. The monoisotopic (exact) mass is 616 g/mol. The standard InChI is InChI=1S/C32H42F2N4O4S/c1-31(2,3)28(38(27(40)19-39)17-22(20-43)15-35-30(41)42-32(4,5)6)29-36-26(24-14-23(33)12-13-25(24)34)18-37(29)16-21-10-8-7-9-11-21/h7-14,18,22,28,39,43H,15-17,19-20H2,1-6H3,(H,35,41)/t22?,28-/m0/s1. The summed E-state index contributed by atoms with van der Waals surface area (Å²) >= 11 is 4.47. The molecular weight excluding hydrogens is 574 g/mol. The van der Waals surface area contributed by atoms with Crippen molar-refractivity contribution in [3.8, 4) is 11.3 Å². The van der Waals surface area contributed by atoms with Crippen LogP contribution >= 0.6 is 12.6 Å². The fourth-order valence-electron chi connectivity index (χ4n) is 4.82. The molecule has 0 fully saturated rings. The van der Waals surface area contributed by atoms with E-state index in [-0.39, 0.29) is 30.3 Å². The highest BCUT2D eigenvalue weighted by atomic mass is 32.1. The molecule has 0 saturated heterocycles. The van der Waals surface area contributed by atoms with E-state index in [4.69, 9.17) is 9.72 Å². The van der Waals surface area contributed by atoms with Crippen LogP contribution in [0.25, 0.3) is 11.3 Å². The van der Waals surface area contributed by atoms with Crippen molar-refractivity contribution in [1.82, 2.24) is 19.8 Å². The van der Waals surface area contributed by atoms with Gasteiger partial charge in [0.1, 0.15) is 29.7 Å². The summed E-state index contributed by atoms with van der Waals surface area (Å²) in [6, 6.07) is 12.1. The van der Waals surface area contributed by atoms with Crippen molar-refractivity contribution >= 4 is 24.6 Å². The van der Waals surface area contributed by atoms with Crippen LogP contribution in [0, 0.1) is 23.0 Å². The minimum Gasteiger partial charge on any atom is -0.444 e. The van der Waals surface area contributed by atoms with Crippen LogP contribution in [0.5, 0.6) is 0 Å². The Labute approximate surface area is 257 Å². The predicted octanol–water partition coefficient (Wildman–Crippen LogP) is 5.86. The van der Waals surface area contributed by atoms with Crippen LogP contribution in [-0.4, -0.2) is 62.6 Å². The number of hydrogen-bond donors (Lipinski definition) is 3. The normalized spacial score (nSPS) is 13.3. The number of benzene rings is 2. The van der Waals surface area contributed by atoms with Gasteiger partial charge < -0.3 is 24.6 Å². The molecule has 0 aliphatic carbocycles. The number of rotatable bonds is 11. The lowest BCUT2D eigenvalue weighted by Gasteiger charge is -2.41. The van der Waals surface area contributed by atoms with Crippen LogP contribution in [0.15, 0.2) is 54.7 Å². The van der Waals surface area contributed by atoms with Gasteiger partial charge in [0.15, 0.2) is 0 Å². The Morgan fingerprint density at radius 2 is 1.77 bits per heavy atom. The number of nitrogens with one attached hydrogen (secondary N) is 1. The van der Waals surface area contributed by atoms with Crippen LogP contribution in [0.3, 0.4) is 0 Å². The van der Waals surface area contributed by atoms with Gasteiger partial charge in [-0.2, -0.15) is 12.6 Å². The Hall–Kier alpha value is -3.44. The van der Waals surface area contributed by atoms with Gasteiger partial charge in [-0.05, 0) is 55.7 Å². The Morgan fingerprint density at radius 1 is 1.09 bits per heavy atom. The zero-order valence-electron chi connectivity index (χ0n) is 25.6. The average molecular weight is 617 g/mol. The van der Waals surface area contributed by atoms with Crippen molar-refractivity contribution in [1.29, 1.82) is 0 Å². The molecule has 0 aliphatic heterocycles. The molecule has 11 heteroatoms. The summed E-state index contributed by atoms with van der Waals surface area (Å²) in [5.41, 5.74) is -0.149. The summed E-state index contributed by atoms with van der Waals surface area (Å²) in [7, 11) is 0. The molecule has 1 aromatic heterocycles. The summed E-state index contributed by atoms with van der Waals surface area (Å²) in [5, 5.41) is 12.8. The molecule has 43 heavy (non-hydrogen) atoms. The fraction of sp³-hybridized carbons (Fsp3) is 0.469. The van der Waals surface area contributed by atoms with Gasteiger partial charge in [0, 0.05) is 37.3 Å². The lowest BCUT2D eigenvalue weighted by Crippen LogP contribution is -2.48. The van der Waals surface area contributed by atoms with Gasteiger partial charge >= 0.3 is 6.09 Å². The van der Waals surface area contributed by atoms with Crippen molar-refractivity contribution in [2.45, 2.75) is 59.7 Å². The zero-order valence-corrected chi connectivity index (χ0v) is 26.5. The third-order valence-electron chi connectivity index (χ3n) is 6.69. The molecular formula is C32H42F2N4O4S. The number of alkyl carbamates (subject to hydrolysis) is 1. The number of carbonyl (C=O) groups is 2. The van der Waals surface area contributed by atoms with E-state index in [9.17, 15) is 23.5 Å². The van der Waals surface area contributed by atoms with Crippen molar-refractivity contribution in [2.24, 2.45) is 11.3 Å². The third kappa shape index (κ3) is 9.53. The number of nitrogens with zero attached hydrogens (tertiary/aromatic N) is 3. The highest BCUT2D eigenvalue weighted by Crippen LogP contribution is 2.40. The molecule has 0 aliphatic rings. The van der Waals surface area contributed by atoms with E-state index in [0.29, 0.717) is 18.1 Å². The van der Waals surface area contributed by atoms with E-state index in [2.05, 4.69) is 17.9 Å². The van der Waals surface area contributed by atoms with Gasteiger partial charge in [-0.15, -0.1) is 0 Å². The first-order valence-corrected chi connectivity index (χ1v) is 14.8. The molecule has 0 bridgehead atoms. The molecule has 0 spiro atoms. The lowest BCUT2D eigenvalue weighted by atomic mass is 9.84. The number of aliphatic hydroxyl groups is 1. The number of halogens is 2. The van der Waals surface area contributed by atoms with Crippen LogP contribution in [0.2, 0.25) is 0 Å². The second kappa shape index (κ2) is 14.4. The molecule has 3 rings (SSSR count). The van der Waals surface area contributed by atoms with Crippen LogP contribution in [0.1, 0.15) is 59.0 Å². The molecule has 3 aromatic rings. The summed E-state index contributed by atoms with van der Waals surface area (Å²) < 4.78 is 36.3. The zero-order chi connectivity index (χ0) is 31.9. The van der Waals surface area contributed by atoms with Gasteiger partial charge in [0.05, 0.1) is 11.7 Å². The molecule has 1 heterocycles. The molecule has 2 atom stereocenters. The summed E-state index contributed by atoms with van der Waals surface area (Å²) in [4.78, 5) is 32.1. The number of hydrogen-bond acceptors (Lipinski definition) is 6. The first-order valence-electron chi connectivity index (χ1n) is 14.2. The topological polar surface area (TPSA) is 96.7 Å². The molecule has 1 unspecified atom stereocenters. The molecule has 2 N–H and O–H groups in total. The Balaban J connectivity index is 2.09. The number of carbonyl (C=O) groups excluding carboxylic acids is 2. The fourth-order valence-corrected chi connectivity index (χ4v) is 5.07. The molecule has 2 aromatic carbocycles. The van der Waals surface area contributed by atoms with Gasteiger partial charge in [0.2, 0.25) is 5.91 Å². The van der Waals surface area contributed by atoms with Crippen molar-refractivity contribution in [3.63, 3.8) is 0 Å². The number of aliphatic hydroxyl groups excluding tert-OH is 1. The molecule has 0 saturated carbocycles. The second-order valence-electron chi connectivity index (χ2n) is 12.6. The number of amides is 2. The first-order chi connectivity index (χ1) is 20.1. The lowest BCUT2D eigenvalue weighted by molar-refractivity contribution is -0.140. The SMILES string of the molecule is CC(C)(C)OC(=O)NCC(CS)CN(C(=O)CO)[C@@H](c1nc(-c2cc(F)ccc2F)cn1Cc1ccccc1)C(C)(C)C. The van der Waals surface area contributed by atoms with E-state index < -0.39 is 47.3 Å². The van der Waals surface area contributed by atoms with Crippen molar-refractivity contribution < 1.29 is 28.2 Å². The minimum absolute atomic E-state index is 0.00412. The molecule has 8 nitrogen and oxygen atoms in total. The number of thiol groups is 1. The maximum atomic E-state index is 14.9. The molecule has 0 radical (unpaired) electrons. The van der Waals surface area contributed by atoms with Crippen LogP contribution in [-0.2, 0) is 16.1 Å². The Morgan fingerprint density at radius 3 is 2.35 bits per heavy atom. The van der Waals surface area contributed by atoms with E-state index in [1.807, 2.05) is 55.7 Å². The van der Waals surface area contributed by atoms with Gasteiger partial charge in [-0.25, -0.2) is 18.6 Å². The van der Waals surface area contributed by atoms with Gasteiger partial charge in [0.25, 0.3) is 0 Å². The maximum Gasteiger partial charge on any atom is 0.407 e. The van der Waals surface area contributed by atoms with Gasteiger partial charge in [-0.1, -0.05) is 51.1 Å². The highest BCUT2D eigenvalue weighted by molar-refractivity contribution is 7.80. The number of ether oxygens (including phenoxy) is 1. The van der Waals surface area contributed by atoms with Crippen LogP contribution in [0.4, 0.5) is 13.6 Å². The maximum absolute atomic E-state index is 14.9. The highest BCUT2D eigenvalue weighted by Gasteiger charge is 2.39. The minimum atomic E-state index is -0.754. The quantitative estimate of drug-likeness (QED) is 0.235. The summed E-state index contributed by atoms with van der Waals surface area (Å²) in [5.74, 6) is -1.33. The summed E-state index contributed by atoms with van der Waals surface area (Å²) in [6.45, 7) is 11.0. The first kappa shape index (κ1) is 34.1. The predicted molar refractivity (Wildman–Crippen MR) is 166 cm³/mol. The third-order valence-corrected chi connectivity index (χ3v) is 7.20. The van der Waals surface area contributed by atoms with Gasteiger partial charge in [-0.3, -0.25) is 4.79 Å². The van der Waals surface area contributed by atoms with E-state index in [1.54, 1.807) is 27.0 Å². The summed E-state index contributed by atoms with van der Waals surface area (Å²) in [6.07, 6.45) is 1.06. The molecule has 234 valence electrons. The number of aromatic nitrogens is 2. The van der Waals surface area contributed by atoms with Crippen molar-refractivity contribution in [2.75, 3.05) is 25.4 Å². The second-order valence-corrected chi connectivity index (χ2v) is 13.0. The Bertz CT molecular complexity index is 1390. The van der Waals surface area contributed by atoms with Crippen molar-refractivity contribution in [3.05, 3.63) is 77.8 Å². The number of imidazole rings is 1. The molecule has 2 amide bonds. The smallest absolute Gasteiger partial charge is 0.407 e. The average Bonchev–Trinajstić information content (AvgIpc) is 3.32. The van der Waals surface area contributed by atoms with E-state index in [0.717, 1.165) is 23.8 Å². The van der Waals surface area contributed by atoms with Crippen LogP contribution < -0.4 is 5.32 Å². The van der Waals surface area contributed by atoms with E-state index >= 15 is 0 Å².